The van der Waals surface area contributed by atoms with Crippen molar-refractivity contribution in [3.05, 3.63) is 86.3 Å². The van der Waals surface area contributed by atoms with Gasteiger partial charge in [0.1, 0.15) is 23.9 Å². The highest BCUT2D eigenvalue weighted by Crippen LogP contribution is 2.54. The molecule has 5 rings (SSSR count). The van der Waals surface area contributed by atoms with Crippen LogP contribution in [0.15, 0.2) is 69.6 Å². The summed E-state index contributed by atoms with van der Waals surface area (Å²) in [6, 6.07) is 12.2. The normalized spacial score (nSPS) is 20.6. The number of Topliss-reactive ketones (excluding diaryl/α,β-unsaturated/α-hetero) is 2. The Hall–Kier alpha value is -3.19. The molecule has 0 saturated heterocycles. The molecule has 0 atom stereocenters. The van der Waals surface area contributed by atoms with E-state index in [1.807, 2.05) is 18.2 Å². The van der Waals surface area contributed by atoms with E-state index in [2.05, 4.69) is 43.6 Å². The minimum atomic E-state index is -0.985. The maximum Gasteiger partial charge on any atom is 0.335 e. The Morgan fingerprint density at radius 3 is 2.00 bits per heavy atom. The molecule has 2 aromatic carbocycles. The first-order valence-electron chi connectivity index (χ1n) is 12.8. The van der Waals surface area contributed by atoms with Crippen LogP contribution >= 0.6 is 15.9 Å². The summed E-state index contributed by atoms with van der Waals surface area (Å²) in [5, 5.41) is 9.18. The lowest BCUT2D eigenvalue weighted by Crippen LogP contribution is -2.37. The van der Waals surface area contributed by atoms with E-state index in [0.29, 0.717) is 54.1 Å². The molecule has 0 saturated carbocycles. The van der Waals surface area contributed by atoms with Crippen molar-refractivity contribution in [1.29, 1.82) is 0 Å². The number of aromatic carboxylic acids is 1. The lowest BCUT2D eigenvalue weighted by Gasteiger charge is -2.43. The predicted molar refractivity (Wildman–Crippen MR) is 146 cm³/mol. The number of carboxylic acid groups (broad SMARTS) is 1. The molecule has 1 N–H and O–H groups in total. The average Bonchev–Trinajstić information content (AvgIpc) is 2.80. The second-order valence-corrected chi connectivity index (χ2v) is 13.0. The van der Waals surface area contributed by atoms with Crippen molar-refractivity contribution in [2.75, 3.05) is 0 Å². The molecular formula is C31H31BrO6. The van der Waals surface area contributed by atoms with Crippen LogP contribution in [-0.2, 0) is 20.9 Å². The highest BCUT2D eigenvalue weighted by atomic mass is 79.9. The molecule has 3 aliphatic rings. The Labute approximate surface area is 230 Å². The number of halogens is 1. The van der Waals surface area contributed by atoms with Crippen molar-refractivity contribution in [3.63, 3.8) is 0 Å². The molecule has 0 aromatic heterocycles. The molecule has 0 bridgehead atoms. The van der Waals surface area contributed by atoms with Gasteiger partial charge >= 0.3 is 5.97 Å². The third kappa shape index (κ3) is 5.08. The number of hydrogen-bond donors (Lipinski definition) is 1. The second kappa shape index (κ2) is 9.53. The third-order valence-corrected chi connectivity index (χ3v) is 7.95. The highest BCUT2D eigenvalue weighted by Gasteiger charge is 2.48. The van der Waals surface area contributed by atoms with E-state index in [1.54, 1.807) is 24.3 Å². The van der Waals surface area contributed by atoms with E-state index in [0.717, 1.165) is 15.6 Å². The van der Waals surface area contributed by atoms with Crippen LogP contribution in [0.25, 0.3) is 0 Å². The Kier molecular flexibility index (Phi) is 6.62. The Bertz CT molecular complexity index is 1360. The number of rotatable bonds is 5. The summed E-state index contributed by atoms with van der Waals surface area (Å²) in [6.45, 7) is 8.47. The van der Waals surface area contributed by atoms with Gasteiger partial charge in [0.05, 0.1) is 11.5 Å². The van der Waals surface area contributed by atoms with Gasteiger partial charge in [-0.15, -0.1) is 0 Å². The maximum absolute atomic E-state index is 13.6. The third-order valence-electron chi connectivity index (χ3n) is 7.46. The van der Waals surface area contributed by atoms with Gasteiger partial charge in [0.2, 0.25) is 0 Å². The quantitative estimate of drug-likeness (QED) is 0.406. The van der Waals surface area contributed by atoms with Gasteiger partial charge in [0.25, 0.3) is 0 Å². The topological polar surface area (TPSA) is 89.9 Å². The number of ether oxygens (including phenoxy) is 2. The van der Waals surface area contributed by atoms with Crippen LogP contribution in [0.4, 0.5) is 0 Å². The zero-order chi connectivity index (χ0) is 27.4. The van der Waals surface area contributed by atoms with Crippen LogP contribution in [0, 0.1) is 10.8 Å². The number of benzene rings is 2. The van der Waals surface area contributed by atoms with Crippen molar-refractivity contribution in [2.24, 2.45) is 10.8 Å². The van der Waals surface area contributed by atoms with Crippen LogP contribution in [0.5, 0.6) is 5.75 Å². The molecule has 38 heavy (non-hydrogen) atoms. The second-order valence-electron chi connectivity index (χ2n) is 12.1. The molecular weight excluding hydrogens is 548 g/mol. The molecule has 7 heteroatoms. The maximum atomic E-state index is 13.6. The molecule has 0 unspecified atom stereocenters. The lowest BCUT2D eigenvalue weighted by molar-refractivity contribution is -0.120. The Morgan fingerprint density at radius 1 is 0.921 bits per heavy atom. The number of ketones is 2. The molecule has 0 fully saturated rings. The van der Waals surface area contributed by atoms with Gasteiger partial charge in [-0.2, -0.15) is 0 Å². The van der Waals surface area contributed by atoms with Gasteiger partial charge in [-0.1, -0.05) is 55.8 Å². The molecule has 0 spiro atoms. The largest absolute Gasteiger partial charge is 0.489 e. The number of carboxylic acids is 1. The summed E-state index contributed by atoms with van der Waals surface area (Å²) in [5.41, 5.74) is 2.41. The zero-order valence-electron chi connectivity index (χ0n) is 22.0. The van der Waals surface area contributed by atoms with Crippen LogP contribution in [0.2, 0.25) is 0 Å². The minimum absolute atomic E-state index is 0.000573. The van der Waals surface area contributed by atoms with E-state index in [-0.39, 0.29) is 34.6 Å². The summed E-state index contributed by atoms with van der Waals surface area (Å²) in [5.74, 6) is 0.341. The van der Waals surface area contributed by atoms with Gasteiger partial charge in [-0.3, -0.25) is 9.59 Å². The van der Waals surface area contributed by atoms with E-state index < -0.39 is 11.9 Å². The van der Waals surface area contributed by atoms with E-state index in [1.165, 1.54) is 0 Å². The molecule has 2 aliphatic carbocycles. The zero-order valence-corrected chi connectivity index (χ0v) is 23.6. The summed E-state index contributed by atoms with van der Waals surface area (Å²) >= 11 is 3.58. The molecule has 0 radical (unpaired) electrons. The molecule has 1 heterocycles. The van der Waals surface area contributed by atoms with Gasteiger partial charge in [-0.05, 0) is 46.7 Å². The van der Waals surface area contributed by atoms with Crippen LogP contribution in [0.3, 0.4) is 0 Å². The Balaban J connectivity index is 1.59. The lowest BCUT2D eigenvalue weighted by atomic mass is 9.65. The first-order chi connectivity index (χ1) is 17.8. The molecule has 1 aliphatic heterocycles. The fraction of sp³-hybridized carbons (Fsp3) is 0.387. The van der Waals surface area contributed by atoms with Crippen molar-refractivity contribution < 1.29 is 29.0 Å². The number of allylic oxidation sites excluding steroid dienone is 4. The molecule has 0 amide bonds. The monoisotopic (exact) mass is 578 g/mol. The van der Waals surface area contributed by atoms with Crippen LogP contribution < -0.4 is 4.74 Å². The summed E-state index contributed by atoms with van der Waals surface area (Å²) in [6.07, 6.45) is 2.01. The fourth-order valence-electron chi connectivity index (χ4n) is 5.77. The van der Waals surface area contributed by atoms with E-state index >= 15 is 0 Å². The number of carbonyl (C=O) groups excluding carboxylic acids is 2. The van der Waals surface area contributed by atoms with Crippen molar-refractivity contribution >= 4 is 33.5 Å². The molecule has 198 valence electrons. The van der Waals surface area contributed by atoms with E-state index in [9.17, 15) is 19.5 Å². The SMILES string of the molecule is CC1(C)CC(=O)C2=C(C1)OC1=C(C(=O)CC(C)(C)C1)C2c1cc(Br)ccc1OCc1ccc(C(=O)O)cc1. The number of carbonyl (C=O) groups is 3. The first kappa shape index (κ1) is 26.4. The first-order valence-corrected chi connectivity index (χ1v) is 13.6. The molecule has 2 aromatic rings. The Morgan fingerprint density at radius 2 is 1.47 bits per heavy atom. The van der Waals surface area contributed by atoms with Crippen molar-refractivity contribution in [3.8, 4) is 5.75 Å². The van der Waals surface area contributed by atoms with E-state index in [4.69, 9.17) is 9.47 Å². The van der Waals surface area contributed by atoms with Gasteiger partial charge < -0.3 is 14.6 Å². The van der Waals surface area contributed by atoms with Crippen LogP contribution in [-0.4, -0.2) is 22.6 Å². The van der Waals surface area contributed by atoms with Gasteiger partial charge in [-0.25, -0.2) is 4.79 Å². The average molecular weight is 579 g/mol. The summed E-state index contributed by atoms with van der Waals surface area (Å²) < 4.78 is 13.5. The minimum Gasteiger partial charge on any atom is -0.489 e. The fourth-order valence-corrected chi connectivity index (χ4v) is 6.15. The standard InChI is InChI=1S/C31H31BrO6/c1-30(2)12-21(33)27-24(14-30)38-25-15-31(3,4)13-22(34)28(25)26(27)20-11-19(32)9-10-23(20)37-16-17-5-7-18(8-6-17)29(35)36/h5-11,26H,12-16H2,1-4H3,(H,35,36). The highest BCUT2D eigenvalue weighted by molar-refractivity contribution is 9.10. The predicted octanol–water partition coefficient (Wildman–Crippen LogP) is 7.13. The van der Waals surface area contributed by atoms with Crippen LogP contribution in [0.1, 0.15) is 80.8 Å². The summed E-state index contributed by atoms with van der Waals surface area (Å²) in [4.78, 5) is 38.5. The van der Waals surface area contributed by atoms with Crippen molar-refractivity contribution in [1.82, 2.24) is 0 Å². The summed E-state index contributed by atoms with van der Waals surface area (Å²) in [7, 11) is 0. The smallest absolute Gasteiger partial charge is 0.335 e. The van der Waals surface area contributed by atoms with Gasteiger partial charge in [0.15, 0.2) is 11.6 Å². The molecule has 6 nitrogen and oxygen atoms in total. The number of hydrogen-bond acceptors (Lipinski definition) is 5. The van der Waals surface area contributed by atoms with Crippen molar-refractivity contribution in [2.45, 2.75) is 65.9 Å². The van der Waals surface area contributed by atoms with Gasteiger partial charge in [0, 0.05) is 46.9 Å².